The van der Waals surface area contributed by atoms with Gasteiger partial charge in [0.15, 0.2) is 0 Å². The van der Waals surface area contributed by atoms with Gasteiger partial charge in [0, 0.05) is 6.54 Å². The summed E-state index contributed by atoms with van der Waals surface area (Å²) in [7, 11) is -3.54. The van der Waals surface area contributed by atoms with Gasteiger partial charge in [-0.3, -0.25) is 0 Å². The van der Waals surface area contributed by atoms with Gasteiger partial charge >= 0.3 is 0 Å². The van der Waals surface area contributed by atoms with Crippen LogP contribution in [-0.4, -0.2) is 21.5 Å². The average molecular weight is 314 g/mol. The normalized spacial score (nSPS) is 18.2. The summed E-state index contributed by atoms with van der Waals surface area (Å²) in [4.78, 5) is 0. The van der Waals surface area contributed by atoms with E-state index in [9.17, 15) is 8.42 Å². The fourth-order valence-corrected chi connectivity index (χ4v) is 4.05. The molecular weight excluding hydrogens is 288 g/mol. The Labute approximate surface area is 127 Å². The van der Waals surface area contributed by atoms with Crippen molar-refractivity contribution in [3.05, 3.63) is 17.9 Å². The number of nitrogens with one attached hydrogen (secondary N) is 2. The molecule has 5 nitrogen and oxygen atoms in total. The lowest BCUT2D eigenvalue weighted by molar-refractivity contribution is 0.284. The minimum absolute atomic E-state index is 0.0136. The van der Waals surface area contributed by atoms with Crippen LogP contribution in [0.2, 0.25) is 0 Å². The molecule has 1 fully saturated rings. The Hall–Kier alpha value is -0.850. The Morgan fingerprint density at radius 3 is 2.57 bits per heavy atom. The first kappa shape index (κ1) is 16.5. The molecule has 1 aromatic heterocycles. The summed E-state index contributed by atoms with van der Waals surface area (Å²) in [6.45, 7) is 6.01. The van der Waals surface area contributed by atoms with E-state index >= 15 is 0 Å². The molecule has 120 valence electrons. The van der Waals surface area contributed by atoms with E-state index in [1.54, 1.807) is 6.07 Å². The molecule has 0 radical (unpaired) electrons. The highest BCUT2D eigenvalue weighted by Gasteiger charge is 2.33. The van der Waals surface area contributed by atoms with Crippen molar-refractivity contribution in [3.8, 4) is 0 Å². The van der Waals surface area contributed by atoms with Crippen LogP contribution in [0.25, 0.3) is 0 Å². The van der Waals surface area contributed by atoms with Gasteiger partial charge in [0.25, 0.3) is 10.0 Å². The molecule has 0 aliphatic heterocycles. The first-order valence-electron chi connectivity index (χ1n) is 7.80. The van der Waals surface area contributed by atoms with Gasteiger partial charge in [0.05, 0.1) is 6.54 Å². The van der Waals surface area contributed by atoms with Gasteiger partial charge in [-0.2, -0.15) is 0 Å². The molecule has 0 bridgehead atoms. The molecule has 0 aromatic carbocycles. The first-order valence-corrected chi connectivity index (χ1v) is 9.29. The van der Waals surface area contributed by atoms with E-state index in [2.05, 4.69) is 17.0 Å². The number of hydrogen-bond acceptors (Lipinski definition) is 4. The zero-order valence-electron chi connectivity index (χ0n) is 12.9. The molecule has 1 aromatic rings. The molecule has 1 heterocycles. The van der Waals surface area contributed by atoms with Crippen molar-refractivity contribution >= 4 is 10.0 Å². The molecule has 0 saturated heterocycles. The quantitative estimate of drug-likeness (QED) is 0.774. The Kier molecular flexibility index (Phi) is 5.46. The number of rotatable bonds is 8. The van der Waals surface area contributed by atoms with E-state index in [0.717, 1.165) is 25.8 Å². The topological polar surface area (TPSA) is 71.3 Å². The highest BCUT2D eigenvalue weighted by atomic mass is 32.2. The van der Waals surface area contributed by atoms with Crippen LogP contribution in [-0.2, 0) is 16.6 Å². The van der Waals surface area contributed by atoms with Gasteiger partial charge < -0.3 is 9.73 Å². The predicted octanol–water partition coefficient (Wildman–Crippen LogP) is 2.64. The molecule has 1 aliphatic carbocycles. The van der Waals surface area contributed by atoms with Crippen LogP contribution in [0.4, 0.5) is 0 Å². The second kappa shape index (κ2) is 6.94. The summed E-state index contributed by atoms with van der Waals surface area (Å²) in [5, 5.41) is 3.13. The van der Waals surface area contributed by atoms with Crippen LogP contribution >= 0.6 is 0 Å². The summed E-state index contributed by atoms with van der Waals surface area (Å²) in [5.74, 6) is 0.642. The first-order chi connectivity index (χ1) is 10.0. The van der Waals surface area contributed by atoms with Crippen molar-refractivity contribution in [2.75, 3.05) is 13.1 Å². The highest BCUT2D eigenvalue weighted by Crippen LogP contribution is 2.40. The summed E-state index contributed by atoms with van der Waals surface area (Å²) < 4.78 is 32.8. The van der Waals surface area contributed by atoms with Crippen LogP contribution in [0.1, 0.15) is 51.7 Å². The zero-order valence-corrected chi connectivity index (χ0v) is 13.8. The minimum Gasteiger partial charge on any atom is -0.447 e. The lowest BCUT2D eigenvalue weighted by Crippen LogP contribution is -2.35. The SMILES string of the molecule is CCNCc1ccc(S(=O)(=O)NCC2(CC)CCCC2)o1. The molecule has 0 atom stereocenters. The van der Waals surface area contributed by atoms with E-state index in [0.29, 0.717) is 18.8 Å². The monoisotopic (exact) mass is 314 g/mol. The maximum Gasteiger partial charge on any atom is 0.273 e. The maximum absolute atomic E-state index is 12.3. The van der Waals surface area contributed by atoms with Crippen molar-refractivity contribution in [1.82, 2.24) is 10.0 Å². The molecule has 0 unspecified atom stereocenters. The smallest absolute Gasteiger partial charge is 0.273 e. The maximum atomic E-state index is 12.3. The lowest BCUT2D eigenvalue weighted by atomic mass is 9.84. The fourth-order valence-electron chi connectivity index (χ4n) is 2.95. The average Bonchev–Trinajstić information content (AvgIpc) is 3.13. The molecular formula is C15H26N2O3S. The second-order valence-corrected chi connectivity index (χ2v) is 7.58. The molecule has 1 aliphatic rings. The molecule has 2 rings (SSSR count). The van der Waals surface area contributed by atoms with Crippen molar-refractivity contribution in [3.63, 3.8) is 0 Å². The van der Waals surface area contributed by atoms with Crippen LogP contribution in [0.5, 0.6) is 0 Å². The highest BCUT2D eigenvalue weighted by molar-refractivity contribution is 7.89. The van der Waals surface area contributed by atoms with Crippen molar-refractivity contribution in [1.29, 1.82) is 0 Å². The zero-order chi connectivity index (χ0) is 15.3. The van der Waals surface area contributed by atoms with Crippen LogP contribution in [0, 0.1) is 5.41 Å². The Bertz CT molecular complexity index is 545. The van der Waals surface area contributed by atoms with E-state index in [-0.39, 0.29) is 10.5 Å². The Morgan fingerprint density at radius 2 is 1.95 bits per heavy atom. The van der Waals surface area contributed by atoms with Gasteiger partial charge in [-0.1, -0.05) is 26.7 Å². The molecule has 6 heteroatoms. The van der Waals surface area contributed by atoms with Crippen LogP contribution < -0.4 is 10.0 Å². The Morgan fingerprint density at radius 1 is 1.24 bits per heavy atom. The third-order valence-electron chi connectivity index (χ3n) is 4.50. The number of hydrogen-bond donors (Lipinski definition) is 2. The number of sulfonamides is 1. The molecule has 1 saturated carbocycles. The van der Waals surface area contributed by atoms with Gasteiger partial charge in [0.2, 0.25) is 5.09 Å². The van der Waals surface area contributed by atoms with Crippen LogP contribution in [0.3, 0.4) is 0 Å². The predicted molar refractivity (Wildman–Crippen MR) is 82.5 cm³/mol. The van der Waals surface area contributed by atoms with E-state index < -0.39 is 10.0 Å². The second-order valence-electron chi connectivity index (χ2n) is 5.89. The van der Waals surface area contributed by atoms with Gasteiger partial charge in [-0.25, -0.2) is 13.1 Å². The van der Waals surface area contributed by atoms with E-state index in [1.165, 1.54) is 18.9 Å². The van der Waals surface area contributed by atoms with Crippen LogP contribution in [0.15, 0.2) is 21.6 Å². The van der Waals surface area contributed by atoms with Crippen molar-refractivity contribution in [2.45, 2.75) is 57.6 Å². The van der Waals surface area contributed by atoms with E-state index in [4.69, 9.17) is 4.42 Å². The summed E-state index contributed by atoms with van der Waals surface area (Å²) >= 11 is 0. The molecule has 0 spiro atoms. The summed E-state index contributed by atoms with van der Waals surface area (Å²) in [5.41, 5.74) is 0.131. The largest absolute Gasteiger partial charge is 0.447 e. The molecule has 21 heavy (non-hydrogen) atoms. The van der Waals surface area contributed by atoms with Crippen molar-refractivity contribution < 1.29 is 12.8 Å². The third-order valence-corrected chi connectivity index (χ3v) is 5.78. The molecule has 0 amide bonds. The molecule has 2 N–H and O–H groups in total. The summed E-state index contributed by atoms with van der Waals surface area (Å²) in [6.07, 6.45) is 5.62. The fraction of sp³-hybridized carbons (Fsp3) is 0.733. The minimum atomic E-state index is -3.54. The number of furan rings is 1. The van der Waals surface area contributed by atoms with E-state index in [1.807, 2.05) is 6.92 Å². The third kappa shape index (κ3) is 4.08. The van der Waals surface area contributed by atoms with Gasteiger partial charge in [-0.05, 0) is 43.4 Å². The standard InChI is InChI=1S/C15H26N2O3S/c1-3-15(9-5-6-10-15)12-17-21(18,19)14-8-7-13(20-14)11-16-4-2/h7-8,16-17H,3-6,9-12H2,1-2H3. The summed E-state index contributed by atoms with van der Waals surface area (Å²) in [6, 6.07) is 3.24. The van der Waals surface area contributed by atoms with Gasteiger partial charge in [-0.15, -0.1) is 0 Å². The van der Waals surface area contributed by atoms with Crippen molar-refractivity contribution in [2.24, 2.45) is 5.41 Å². The van der Waals surface area contributed by atoms with Gasteiger partial charge in [0.1, 0.15) is 5.76 Å². The lowest BCUT2D eigenvalue weighted by Gasteiger charge is -2.27. The Balaban J connectivity index is 1.99.